The smallest absolute Gasteiger partial charge is 0.243 e. The largest absolute Gasteiger partial charge is 0.345 e. The van der Waals surface area contributed by atoms with Gasteiger partial charge in [-0.25, -0.2) is 0 Å². The summed E-state index contributed by atoms with van der Waals surface area (Å²) in [6, 6.07) is 5.23. The van der Waals surface area contributed by atoms with Gasteiger partial charge in [-0.3, -0.25) is 9.59 Å². The Hall–Kier alpha value is -1.77. The van der Waals surface area contributed by atoms with Gasteiger partial charge in [0.15, 0.2) is 0 Å². The molecule has 0 aromatic heterocycles. The summed E-state index contributed by atoms with van der Waals surface area (Å²) in [5.74, 6) is -0.172. The minimum absolute atomic E-state index is 0.131. The lowest BCUT2D eigenvalue weighted by molar-refractivity contribution is -0.129. The van der Waals surface area contributed by atoms with E-state index in [1.165, 1.54) is 6.42 Å². The topological polar surface area (TPSA) is 82.0 Å². The average Bonchev–Trinajstić information content (AvgIpc) is 2.62. The zero-order chi connectivity index (χ0) is 19.1. The van der Waals surface area contributed by atoms with Crippen LogP contribution in [0.1, 0.15) is 57.1 Å². The van der Waals surface area contributed by atoms with Gasteiger partial charge < -0.3 is 10.6 Å². The van der Waals surface area contributed by atoms with Crippen molar-refractivity contribution < 1.29 is 9.59 Å². The maximum absolute atomic E-state index is 12.4. The van der Waals surface area contributed by atoms with Crippen LogP contribution in [0.2, 0.25) is 10.0 Å². The minimum Gasteiger partial charge on any atom is -0.345 e. The van der Waals surface area contributed by atoms with E-state index in [9.17, 15) is 14.9 Å². The molecule has 0 bridgehead atoms. The van der Waals surface area contributed by atoms with Gasteiger partial charge in [-0.15, -0.1) is 0 Å². The molecule has 0 spiro atoms. The summed E-state index contributed by atoms with van der Waals surface area (Å²) in [5.41, 5.74) is 0.427. The number of nitriles is 1. The summed E-state index contributed by atoms with van der Waals surface area (Å²) in [6.45, 7) is 1.60. The molecule has 26 heavy (non-hydrogen) atoms. The van der Waals surface area contributed by atoms with Crippen LogP contribution in [0.15, 0.2) is 18.2 Å². The van der Waals surface area contributed by atoms with Gasteiger partial charge in [0.2, 0.25) is 11.8 Å². The molecule has 1 aliphatic rings. The third-order valence-electron chi connectivity index (χ3n) is 4.68. The molecule has 1 fully saturated rings. The number of benzene rings is 1. The van der Waals surface area contributed by atoms with Crippen LogP contribution in [0.3, 0.4) is 0 Å². The second kappa shape index (κ2) is 9.80. The fraction of sp³-hybridized carbons (Fsp3) is 0.526. The van der Waals surface area contributed by atoms with Gasteiger partial charge >= 0.3 is 0 Å². The quantitative estimate of drug-likeness (QED) is 0.758. The monoisotopic (exact) mass is 395 g/mol. The van der Waals surface area contributed by atoms with Gasteiger partial charge in [0, 0.05) is 12.0 Å². The SMILES string of the molecule is CC(NC(=O)CC1CCCCC1)C(=O)NC(C#N)c1cccc(Cl)c1Cl. The number of halogens is 2. The molecule has 7 heteroatoms. The number of hydrogen-bond donors (Lipinski definition) is 2. The summed E-state index contributed by atoms with van der Waals surface area (Å²) in [6.07, 6.45) is 6.14. The lowest BCUT2D eigenvalue weighted by Crippen LogP contribution is -2.46. The van der Waals surface area contributed by atoms with Crippen molar-refractivity contribution in [2.24, 2.45) is 5.92 Å². The second-order valence-electron chi connectivity index (χ2n) is 6.71. The van der Waals surface area contributed by atoms with Gasteiger partial charge in [-0.05, 0) is 31.7 Å². The molecular formula is C19H23Cl2N3O2. The van der Waals surface area contributed by atoms with Crippen LogP contribution in [0.4, 0.5) is 0 Å². The molecule has 1 aliphatic carbocycles. The molecule has 1 aromatic rings. The molecule has 5 nitrogen and oxygen atoms in total. The molecule has 2 atom stereocenters. The number of nitrogens with zero attached hydrogens (tertiary/aromatic N) is 1. The van der Waals surface area contributed by atoms with Crippen molar-refractivity contribution in [1.29, 1.82) is 5.26 Å². The number of carbonyl (C=O) groups excluding carboxylic acids is 2. The number of hydrogen-bond acceptors (Lipinski definition) is 3. The molecule has 0 saturated heterocycles. The molecule has 0 aliphatic heterocycles. The van der Waals surface area contributed by atoms with Gasteiger partial charge in [0.25, 0.3) is 0 Å². The van der Waals surface area contributed by atoms with E-state index in [4.69, 9.17) is 23.2 Å². The predicted octanol–water partition coefficient (Wildman–Crippen LogP) is 4.15. The minimum atomic E-state index is -0.939. The number of amides is 2. The Balaban J connectivity index is 1.91. The van der Waals surface area contributed by atoms with Crippen LogP contribution < -0.4 is 10.6 Å². The summed E-state index contributed by atoms with van der Waals surface area (Å²) in [4.78, 5) is 24.5. The predicted molar refractivity (Wildman–Crippen MR) is 102 cm³/mol. The van der Waals surface area contributed by atoms with Gasteiger partial charge in [0.05, 0.1) is 16.1 Å². The van der Waals surface area contributed by atoms with Gasteiger partial charge in [-0.1, -0.05) is 54.6 Å². The highest BCUT2D eigenvalue weighted by Gasteiger charge is 2.24. The average molecular weight is 396 g/mol. The Morgan fingerprint density at radius 1 is 1.23 bits per heavy atom. The van der Waals surface area contributed by atoms with E-state index in [-0.39, 0.29) is 10.9 Å². The van der Waals surface area contributed by atoms with Crippen LogP contribution in [0.5, 0.6) is 0 Å². The molecule has 2 rings (SSSR count). The zero-order valence-corrected chi connectivity index (χ0v) is 16.2. The van der Waals surface area contributed by atoms with E-state index in [1.807, 2.05) is 6.07 Å². The lowest BCUT2D eigenvalue weighted by atomic mass is 9.87. The summed E-state index contributed by atoms with van der Waals surface area (Å²) in [7, 11) is 0. The first-order valence-electron chi connectivity index (χ1n) is 8.85. The molecule has 2 unspecified atom stereocenters. The van der Waals surface area contributed by atoms with E-state index in [0.717, 1.165) is 25.7 Å². The Labute approximate surface area is 164 Å². The first-order chi connectivity index (χ1) is 12.4. The van der Waals surface area contributed by atoms with Crippen molar-refractivity contribution in [2.45, 2.75) is 57.5 Å². The Morgan fingerprint density at radius 2 is 1.92 bits per heavy atom. The first-order valence-corrected chi connectivity index (χ1v) is 9.61. The van der Waals surface area contributed by atoms with Gasteiger partial charge in [-0.2, -0.15) is 5.26 Å². The van der Waals surface area contributed by atoms with E-state index >= 15 is 0 Å². The highest BCUT2D eigenvalue weighted by molar-refractivity contribution is 6.42. The van der Waals surface area contributed by atoms with Crippen LogP contribution in [-0.2, 0) is 9.59 Å². The molecule has 0 radical (unpaired) electrons. The van der Waals surface area contributed by atoms with Crippen molar-refractivity contribution in [3.8, 4) is 6.07 Å². The molecule has 0 heterocycles. The van der Waals surface area contributed by atoms with Crippen molar-refractivity contribution in [1.82, 2.24) is 10.6 Å². The summed E-state index contributed by atoms with van der Waals surface area (Å²) < 4.78 is 0. The molecule has 2 N–H and O–H groups in total. The van der Waals surface area contributed by atoms with E-state index in [1.54, 1.807) is 25.1 Å². The fourth-order valence-corrected chi connectivity index (χ4v) is 3.63. The molecule has 1 aromatic carbocycles. The normalized spacial score (nSPS) is 17.0. The third kappa shape index (κ3) is 5.62. The van der Waals surface area contributed by atoms with E-state index in [2.05, 4.69) is 10.6 Å². The van der Waals surface area contributed by atoms with Gasteiger partial charge in [0.1, 0.15) is 12.1 Å². The highest BCUT2D eigenvalue weighted by Crippen LogP contribution is 2.30. The first kappa shape index (κ1) is 20.5. The number of carbonyl (C=O) groups is 2. The van der Waals surface area contributed by atoms with Crippen molar-refractivity contribution in [3.63, 3.8) is 0 Å². The summed E-state index contributed by atoms with van der Waals surface area (Å²) in [5, 5.41) is 15.2. The van der Waals surface area contributed by atoms with Crippen molar-refractivity contribution in [2.75, 3.05) is 0 Å². The van der Waals surface area contributed by atoms with Crippen molar-refractivity contribution >= 4 is 35.0 Å². The molecule has 1 saturated carbocycles. The van der Waals surface area contributed by atoms with Crippen molar-refractivity contribution in [3.05, 3.63) is 33.8 Å². The van der Waals surface area contributed by atoms with Crippen LogP contribution >= 0.6 is 23.2 Å². The standard InChI is InChI=1S/C19H23Cl2N3O2/c1-12(23-17(25)10-13-6-3-2-4-7-13)19(26)24-16(11-22)14-8-5-9-15(20)18(14)21/h5,8-9,12-13,16H,2-4,6-7,10H2,1H3,(H,23,25)(H,24,26). The third-order valence-corrected chi connectivity index (χ3v) is 5.51. The van der Waals surface area contributed by atoms with Crippen LogP contribution in [0, 0.1) is 17.2 Å². The van der Waals surface area contributed by atoms with E-state index in [0.29, 0.717) is 22.9 Å². The van der Waals surface area contributed by atoms with Crippen LogP contribution in [0.25, 0.3) is 0 Å². The lowest BCUT2D eigenvalue weighted by Gasteiger charge is -2.22. The number of nitrogens with one attached hydrogen (secondary N) is 2. The Kier molecular flexibility index (Phi) is 7.74. The Morgan fingerprint density at radius 3 is 2.58 bits per heavy atom. The zero-order valence-electron chi connectivity index (χ0n) is 14.7. The molecular weight excluding hydrogens is 373 g/mol. The maximum Gasteiger partial charge on any atom is 0.243 e. The highest BCUT2D eigenvalue weighted by atomic mass is 35.5. The van der Waals surface area contributed by atoms with E-state index < -0.39 is 18.0 Å². The maximum atomic E-state index is 12.4. The Bertz CT molecular complexity index is 697. The molecule has 2 amide bonds. The summed E-state index contributed by atoms with van der Waals surface area (Å²) >= 11 is 12.1. The second-order valence-corrected chi connectivity index (χ2v) is 7.50. The molecule has 140 valence electrons. The van der Waals surface area contributed by atoms with Crippen LogP contribution in [-0.4, -0.2) is 17.9 Å². The number of rotatable bonds is 6. The fourth-order valence-electron chi connectivity index (χ4n) is 3.21.